The van der Waals surface area contributed by atoms with Gasteiger partial charge in [-0.25, -0.2) is 8.42 Å². The first kappa shape index (κ1) is 16.0. The van der Waals surface area contributed by atoms with E-state index < -0.39 is 10.0 Å². The predicted octanol–water partition coefficient (Wildman–Crippen LogP) is 4.40. The molecule has 0 amide bonds. The van der Waals surface area contributed by atoms with Crippen molar-refractivity contribution in [2.75, 3.05) is 11.4 Å². The third kappa shape index (κ3) is 3.47. The van der Waals surface area contributed by atoms with Crippen LogP contribution in [0.3, 0.4) is 0 Å². The minimum absolute atomic E-state index is 0.279. The summed E-state index contributed by atoms with van der Waals surface area (Å²) in [7, 11) is -1.96. The third-order valence-corrected chi connectivity index (χ3v) is 5.72. The molecule has 0 spiro atoms. The quantitative estimate of drug-likeness (QED) is 0.802. The van der Waals surface area contributed by atoms with Gasteiger partial charge in [-0.1, -0.05) is 41.9 Å². The Hall–Kier alpha value is -1.33. The van der Waals surface area contributed by atoms with Gasteiger partial charge in [-0.2, -0.15) is 0 Å². The Morgan fingerprint density at radius 2 is 1.48 bits per heavy atom. The van der Waals surface area contributed by atoms with Crippen molar-refractivity contribution in [2.24, 2.45) is 0 Å². The van der Waals surface area contributed by atoms with Gasteiger partial charge in [0.2, 0.25) is 0 Å². The summed E-state index contributed by atoms with van der Waals surface area (Å²) in [6, 6.07) is 14.3. The molecule has 0 N–H and O–H groups in total. The molecule has 0 fully saturated rings. The molecule has 2 aromatic carbocycles. The van der Waals surface area contributed by atoms with Gasteiger partial charge in [-0.05, 0) is 47.9 Å². The molecule has 0 bridgehead atoms. The van der Waals surface area contributed by atoms with Gasteiger partial charge in [-0.3, -0.25) is 4.31 Å². The van der Waals surface area contributed by atoms with Crippen molar-refractivity contribution in [3.8, 4) is 0 Å². The van der Waals surface area contributed by atoms with E-state index in [1.165, 1.54) is 9.87 Å². The highest BCUT2D eigenvalue weighted by atomic mass is 79.9. The maximum absolute atomic E-state index is 12.6. The number of nitrogens with zero attached hydrogens (tertiary/aromatic N) is 1. The van der Waals surface area contributed by atoms with Gasteiger partial charge in [0.1, 0.15) is 0 Å². The van der Waals surface area contributed by atoms with Crippen LogP contribution in [0.5, 0.6) is 0 Å². The van der Waals surface area contributed by atoms with Crippen LogP contribution in [-0.2, 0) is 10.0 Å². The number of hydrogen-bond acceptors (Lipinski definition) is 2. The van der Waals surface area contributed by atoms with Crippen LogP contribution in [0, 0.1) is 0 Å². The second kappa shape index (κ2) is 6.20. The van der Waals surface area contributed by atoms with E-state index >= 15 is 0 Å². The third-order valence-electron chi connectivity index (χ3n) is 3.40. The van der Waals surface area contributed by atoms with E-state index in [1.807, 2.05) is 24.3 Å². The van der Waals surface area contributed by atoms with E-state index in [2.05, 4.69) is 29.8 Å². The fourth-order valence-corrected chi connectivity index (χ4v) is 3.43. The van der Waals surface area contributed by atoms with Crippen molar-refractivity contribution in [1.29, 1.82) is 0 Å². The van der Waals surface area contributed by atoms with Crippen molar-refractivity contribution in [3.63, 3.8) is 0 Å². The average Bonchev–Trinajstić information content (AvgIpc) is 2.47. The largest absolute Gasteiger partial charge is 0.269 e. The number of benzene rings is 2. The second-order valence-corrected chi connectivity index (χ2v) is 8.06. The Kier molecular flexibility index (Phi) is 4.74. The number of hydrogen-bond donors (Lipinski definition) is 0. The molecule has 2 aromatic rings. The summed E-state index contributed by atoms with van der Waals surface area (Å²) < 4.78 is 27.3. The highest BCUT2D eigenvalue weighted by molar-refractivity contribution is 9.10. The van der Waals surface area contributed by atoms with Gasteiger partial charge in [-0.15, -0.1) is 0 Å². The lowest BCUT2D eigenvalue weighted by atomic mass is 10.0. The van der Waals surface area contributed by atoms with E-state index in [-0.39, 0.29) is 4.90 Å². The molecule has 0 aliphatic rings. The maximum atomic E-state index is 12.6. The first-order valence-corrected chi connectivity index (χ1v) is 8.90. The lowest BCUT2D eigenvalue weighted by Gasteiger charge is -2.20. The van der Waals surface area contributed by atoms with Gasteiger partial charge in [0.25, 0.3) is 10.0 Å². The molecule has 3 nitrogen and oxygen atoms in total. The Labute approximate surface area is 134 Å². The molecule has 21 heavy (non-hydrogen) atoms. The smallest absolute Gasteiger partial charge is 0.264 e. The molecule has 0 radical (unpaired) electrons. The molecular weight excluding hydrogens is 350 g/mol. The summed E-state index contributed by atoms with van der Waals surface area (Å²) >= 11 is 3.31. The number of halogens is 1. The lowest BCUT2D eigenvalue weighted by molar-refractivity contribution is 0.594. The first-order valence-electron chi connectivity index (χ1n) is 6.67. The fraction of sp³-hybridized carbons (Fsp3) is 0.250. The highest BCUT2D eigenvalue weighted by Gasteiger charge is 2.21. The molecule has 5 heteroatoms. The van der Waals surface area contributed by atoms with Crippen molar-refractivity contribution in [2.45, 2.75) is 24.7 Å². The molecule has 0 saturated heterocycles. The summed E-state index contributed by atoms with van der Waals surface area (Å²) in [5, 5.41) is 0. The molecule has 0 aromatic heterocycles. The van der Waals surface area contributed by atoms with E-state index in [0.717, 1.165) is 4.47 Å². The van der Waals surface area contributed by atoms with Gasteiger partial charge in [0.15, 0.2) is 0 Å². The first-order chi connectivity index (χ1) is 9.82. The fourth-order valence-electron chi connectivity index (χ4n) is 1.97. The Balaban J connectivity index is 2.33. The van der Waals surface area contributed by atoms with E-state index in [4.69, 9.17) is 0 Å². The Bertz CT molecular complexity index is 707. The van der Waals surface area contributed by atoms with E-state index in [9.17, 15) is 8.42 Å². The predicted molar refractivity (Wildman–Crippen MR) is 90.3 cm³/mol. The van der Waals surface area contributed by atoms with Crippen molar-refractivity contribution in [1.82, 2.24) is 0 Å². The molecule has 0 unspecified atom stereocenters. The highest BCUT2D eigenvalue weighted by Crippen LogP contribution is 2.25. The summed E-state index contributed by atoms with van der Waals surface area (Å²) in [4.78, 5) is 0.279. The monoisotopic (exact) mass is 367 g/mol. The van der Waals surface area contributed by atoms with Crippen LogP contribution in [0.15, 0.2) is 57.9 Å². The molecule has 2 rings (SSSR count). The summed E-state index contributed by atoms with van der Waals surface area (Å²) in [6.45, 7) is 4.22. The summed E-state index contributed by atoms with van der Waals surface area (Å²) in [6.07, 6.45) is 0. The molecule has 112 valence electrons. The number of anilines is 1. The topological polar surface area (TPSA) is 37.4 Å². The van der Waals surface area contributed by atoms with Crippen molar-refractivity contribution < 1.29 is 8.42 Å². The van der Waals surface area contributed by atoms with Crippen LogP contribution < -0.4 is 4.31 Å². The molecule has 0 saturated carbocycles. The van der Waals surface area contributed by atoms with E-state index in [0.29, 0.717) is 11.6 Å². The molecular formula is C16H18BrNO2S. The minimum Gasteiger partial charge on any atom is -0.269 e. The summed E-state index contributed by atoms with van der Waals surface area (Å²) in [5.74, 6) is 0.424. The standard InChI is InChI=1S/C16H18BrNO2S/c1-12(2)13-4-8-15(9-5-13)18(3)21(19,20)16-10-6-14(17)7-11-16/h4-12H,1-3H3. The van der Waals surface area contributed by atoms with Gasteiger partial charge >= 0.3 is 0 Å². The maximum Gasteiger partial charge on any atom is 0.264 e. The number of rotatable bonds is 4. The van der Waals surface area contributed by atoms with Crippen molar-refractivity contribution >= 4 is 31.6 Å². The zero-order valence-electron chi connectivity index (χ0n) is 12.2. The lowest BCUT2D eigenvalue weighted by Crippen LogP contribution is -2.26. The molecule has 0 aliphatic heterocycles. The van der Waals surface area contributed by atoms with Crippen LogP contribution >= 0.6 is 15.9 Å². The van der Waals surface area contributed by atoms with Crippen molar-refractivity contribution in [3.05, 3.63) is 58.6 Å². The van der Waals surface area contributed by atoms with Crippen LogP contribution in [0.1, 0.15) is 25.3 Å². The molecule has 0 atom stereocenters. The van der Waals surface area contributed by atoms with Crippen LogP contribution in [0.2, 0.25) is 0 Å². The zero-order chi connectivity index (χ0) is 15.6. The van der Waals surface area contributed by atoms with Crippen LogP contribution in [0.4, 0.5) is 5.69 Å². The average molecular weight is 368 g/mol. The Morgan fingerprint density at radius 3 is 1.95 bits per heavy atom. The molecule has 0 heterocycles. The van der Waals surface area contributed by atoms with Crippen LogP contribution in [0.25, 0.3) is 0 Å². The Morgan fingerprint density at radius 1 is 0.952 bits per heavy atom. The van der Waals surface area contributed by atoms with Gasteiger partial charge < -0.3 is 0 Å². The normalized spacial score (nSPS) is 11.7. The SMILES string of the molecule is CC(C)c1ccc(N(C)S(=O)(=O)c2ccc(Br)cc2)cc1. The van der Waals surface area contributed by atoms with E-state index in [1.54, 1.807) is 31.3 Å². The zero-order valence-corrected chi connectivity index (χ0v) is 14.6. The summed E-state index contributed by atoms with van der Waals surface area (Å²) in [5.41, 5.74) is 1.84. The minimum atomic E-state index is -3.53. The van der Waals surface area contributed by atoms with Gasteiger partial charge in [0, 0.05) is 11.5 Å². The van der Waals surface area contributed by atoms with Crippen LogP contribution in [-0.4, -0.2) is 15.5 Å². The second-order valence-electron chi connectivity index (χ2n) is 5.17. The number of sulfonamides is 1. The van der Waals surface area contributed by atoms with Gasteiger partial charge in [0.05, 0.1) is 10.6 Å². The molecule has 0 aliphatic carbocycles.